The summed E-state index contributed by atoms with van der Waals surface area (Å²) in [4.78, 5) is 42.2. The summed E-state index contributed by atoms with van der Waals surface area (Å²) in [7, 11) is 0. The SMILES string of the molecule is CCCC(C)(C)OOC(=O)COCC(=O)OOC(C)(C)CCC. The second-order valence-electron chi connectivity index (χ2n) is 6.59. The molecule has 0 fully saturated rings. The minimum absolute atomic E-state index is 0.407. The Bertz CT molecular complexity index is 329. The molecule has 0 aliphatic rings. The lowest BCUT2D eigenvalue weighted by atomic mass is 10.0. The van der Waals surface area contributed by atoms with Crippen molar-refractivity contribution in [2.75, 3.05) is 13.2 Å². The molecule has 0 unspecified atom stereocenters. The number of rotatable bonds is 12. The van der Waals surface area contributed by atoms with Gasteiger partial charge in [0.15, 0.2) is 0 Å². The molecule has 0 aliphatic heterocycles. The molecule has 7 heteroatoms. The first-order chi connectivity index (χ1) is 10.6. The smallest absolute Gasteiger partial charge is 0.358 e. The molecule has 7 nitrogen and oxygen atoms in total. The fraction of sp³-hybridized carbons (Fsp3) is 0.875. The molecule has 0 N–H and O–H groups in total. The summed E-state index contributed by atoms with van der Waals surface area (Å²) in [6, 6.07) is 0. The van der Waals surface area contributed by atoms with Crippen molar-refractivity contribution in [2.45, 2.75) is 78.4 Å². The van der Waals surface area contributed by atoms with Gasteiger partial charge in [0.05, 0.1) is 0 Å². The van der Waals surface area contributed by atoms with Crippen LogP contribution < -0.4 is 0 Å². The lowest BCUT2D eigenvalue weighted by molar-refractivity contribution is -0.331. The first kappa shape index (κ1) is 21.8. The molecule has 0 saturated heterocycles. The molecule has 0 saturated carbocycles. The second-order valence-corrected chi connectivity index (χ2v) is 6.59. The van der Waals surface area contributed by atoms with Crippen LogP contribution in [0, 0.1) is 0 Å². The lowest BCUT2D eigenvalue weighted by Crippen LogP contribution is -2.29. The minimum Gasteiger partial charge on any atom is -0.358 e. The number of carbonyl (C=O) groups excluding carboxylic acids is 2. The van der Waals surface area contributed by atoms with Gasteiger partial charge in [-0.3, -0.25) is 9.78 Å². The summed E-state index contributed by atoms with van der Waals surface area (Å²) >= 11 is 0. The fourth-order valence-corrected chi connectivity index (χ4v) is 1.87. The van der Waals surface area contributed by atoms with E-state index in [0.717, 1.165) is 25.7 Å². The molecule has 136 valence electrons. The third-order valence-corrected chi connectivity index (χ3v) is 2.86. The number of carbonyl (C=O) groups is 2. The third-order valence-electron chi connectivity index (χ3n) is 2.86. The predicted octanol–water partition coefficient (Wildman–Crippen LogP) is 3.11. The largest absolute Gasteiger partial charge is 0.367 e. The molecule has 0 radical (unpaired) electrons. The summed E-state index contributed by atoms with van der Waals surface area (Å²) in [6.07, 6.45) is 3.30. The summed E-state index contributed by atoms with van der Waals surface area (Å²) in [6.45, 7) is 10.5. The number of ether oxygens (including phenoxy) is 1. The topological polar surface area (TPSA) is 80.3 Å². The van der Waals surface area contributed by atoms with E-state index < -0.39 is 36.4 Å². The number of hydrogen-bond donors (Lipinski definition) is 0. The van der Waals surface area contributed by atoms with Crippen LogP contribution in [0.25, 0.3) is 0 Å². The van der Waals surface area contributed by atoms with Crippen molar-refractivity contribution in [2.24, 2.45) is 0 Å². The first-order valence-corrected chi connectivity index (χ1v) is 7.96. The van der Waals surface area contributed by atoms with Crippen LogP contribution in [0.5, 0.6) is 0 Å². The average molecular weight is 334 g/mol. The Morgan fingerprint density at radius 2 is 1.09 bits per heavy atom. The zero-order valence-corrected chi connectivity index (χ0v) is 15.1. The van der Waals surface area contributed by atoms with Gasteiger partial charge in [-0.25, -0.2) is 9.59 Å². The van der Waals surface area contributed by atoms with Crippen molar-refractivity contribution in [1.82, 2.24) is 0 Å². The molecule has 0 atom stereocenters. The van der Waals surface area contributed by atoms with Crippen LogP contribution in [0.3, 0.4) is 0 Å². The zero-order valence-electron chi connectivity index (χ0n) is 15.1. The van der Waals surface area contributed by atoms with Crippen molar-refractivity contribution < 1.29 is 33.9 Å². The zero-order chi connectivity index (χ0) is 17.9. The normalized spacial score (nSPS) is 12.1. The van der Waals surface area contributed by atoms with Gasteiger partial charge in [0.2, 0.25) is 0 Å². The van der Waals surface area contributed by atoms with Crippen LogP contribution in [-0.4, -0.2) is 36.4 Å². The van der Waals surface area contributed by atoms with Crippen molar-refractivity contribution in [3.8, 4) is 0 Å². The van der Waals surface area contributed by atoms with Crippen molar-refractivity contribution >= 4 is 11.9 Å². The molecular formula is C16H30O7. The van der Waals surface area contributed by atoms with E-state index in [4.69, 9.17) is 14.5 Å². The third kappa shape index (κ3) is 12.0. The molecule has 0 spiro atoms. The monoisotopic (exact) mass is 334 g/mol. The maximum absolute atomic E-state index is 11.4. The molecule has 0 aromatic rings. The van der Waals surface area contributed by atoms with Gasteiger partial charge >= 0.3 is 11.9 Å². The lowest BCUT2D eigenvalue weighted by Gasteiger charge is -2.22. The van der Waals surface area contributed by atoms with Crippen LogP contribution in [0.2, 0.25) is 0 Å². The van der Waals surface area contributed by atoms with Gasteiger partial charge < -0.3 is 4.74 Å². The van der Waals surface area contributed by atoms with E-state index in [1.54, 1.807) is 0 Å². The second kappa shape index (κ2) is 10.6. The van der Waals surface area contributed by atoms with Crippen LogP contribution in [0.1, 0.15) is 67.2 Å². The molecule has 0 rings (SSSR count). The van der Waals surface area contributed by atoms with E-state index in [1.165, 1.54) is 0 Å². The summed E-state index contributed by atoms with van der Waals surface area (Å²) in [5.41, 5.74) is -1.11. The molecule has 0 aliphatic carbocycles. The van der Waals surface area contributed by atoms with Crippen molar-refractivity contribution in [3.63, 3.8) is 0 Å². The van der Waals surface area contributed by atoms with E-state index in [2.05, 4.69) is 9.78 Å². The van der Waals surface area contributed by atoms with Crippen molar-refractivity contribution in [3.05, 3.63) is 0 Å². The maximum Gasteiger partial charge on any atom is 0.367 e. The molecule has 0 bridgehead atoms. The van der Waals surface area contributed by atoms with E-state index in [-0.39, 0.29) is 0 Å². The molecule has 0 aromatic heterocycles. The van der Waals surface area contributed by atoms with Crippen molar-refractivity contribution in [1.29, 1.82) is 0 Å². The summed E-state index contributed by atoms with van der Waals surface area (Å²) in [5, 5.41) is 0. The standard InChI is InChI=1S/C16H30O7/c1-7-9-15(3,4)22-20-13(17)11-19-12-14(18)21-23-16(5,6)10-8-2/h7-12H2,1-6H3. The highest BCUT2D eigenvalue weighted by Crippen LogP contribution is 2.17. The van der Waals surface area contributed by atoms with Crippen LogP contribution in [-0.2, 0) is 33.9 Å². The van der Waals surface area contributed by atoms with Crippen LogP contribution in [0.4, 0.5) is 0 Å². The summed E-state index contributed by atoms with van der Waals surface area (Å²) in [5.74, 6) is -1.43. The van der Waals surface area contributed by atoms with E-state index in [0.29, 0.717) is 0 Å². The molecule has 0 amide bonds. The van der Waals surface area contributed by atoms with Crippen LogP contribution >= 0.6 is 0 Å². The highest BCUT2D eigenvalue weighted by Gasteiger charge is 2.22. The highest BCUT2D eigenvalue weighted by atomic mass is 17.2. The van der Waals surface area contributed by atoms with E-state index in [1.807, 2.05) is 41.5 Å². The summed E-state index contributed by atoms with van der Waals surface area (Å²) < 4.78 is 4.90. The maximum atomic E-state index is 11.4. The van der Waals surface area contributed by atoms with Gasteiger partial charge in [-0.1, -0.05) is 26.7 Å². The van der Waals surface area contributed by atoms with Gasteiger partial charge in [-0.15, -0.1) is 0 Å². The molecular weight excluding hydrogens is 304 g/mol. The van der Waals surface area contributed by atoms with Gasteiger partial charge in [-0.05, 0) is 40.5 Å². The quantitative estimate of drug-likeness (QED) is 0.401. The fourth-order valence-electron chi connectivity index (χ4n) is 1.87. The Morgan fingerprint density at radius 3 is 1.39 bits per heavy atom. The Hall–Kier alpha value is -1.18. The van der Waals surface area contributed by atoms with E-state index >= 15 is 0 Å². The molecule has 0 heterocycles. The first-order valence-electron chi connectivity index (χ1n) is 7.96. The highest BCUT2D eigenvalue weighted by molar-refractivity contribution is 5.72. The molecule has 0 aromatic carbocycles. The Balaban J connectivity index is 3.85. The number of hydrogen-bond acceptors (Lipinski definition) is 7. The van der Waals surface area contributed by atoms with Gasteiger partial charge in [0.25, 0.3) is 0 Å². The Morgan fingerprint density at radius 1 is 0.739 bits per heavy atom. The van der Waals surface area contributed by atoms with Crippen LogP contribution in [0.15, 0.2) is 0 Å². The molecule has 23 heavy (non-hydrogen) atoms. The average Bonchev–Trinajstić information content (AvgIpc) is 2.43. The van der Waals surface area contributed by atoms with Gasteiger partial charge in [-0.2, -0.15) is 9.78 Å². The van der Waals surface area contributed by atoms with Gasteiger partial charge in [0.1, 0.15) is 24.4 Å². The predicted molar refractivity (Wildman–Crippen MR) is 83.1 cm³/mol. The minimum atomic E-state index is -0.714. The Kier molecular flexibility index (Phi) is 10.0. The van der Waals surface area contributed by atoms with Gasteiger partial charge in [0, 0.05) is 0 Å². The van der Waals surface area contributed by atoms with E-state index in [9.17, 15) is 9.59 Å². The Labute approximate surface area is 138 Å².